The van der Waals surface area contributed by atoms with Crippen LogP contribution in [0.15, 0.2) is 157 Å². The van der Waals surface area contributed by atoms with Gasteiger partial charge in [0.25, 0.3) is 0 Å². The second-order valence-corrected chi connectivity index (χ2v) is 11.6. The number of ketones is 1. The van der Waals surface area contributed by atoms with Crippen molar-refractivity contribution in [2.24, 2.45) is 5.16 Å². The molecule has 0 spiro atoms. The summed E-state index contributed by atoms with van der Waals surface area (Å²) in [5.41, 5.74) is 1.56. The Labute approximate surface area is 212 Å². The summed E-state index contributed by atoms with van der Waals surface area (Å²) < 4.78 is 6.75. The van der Waals surface area contributed by atoms with Gasteiger partial charge in [0.1, 0.15) is 0 Å². The molecule has 0 aliphatic heterocycles. The number of hydrogen-bond acceptors (Lipinski definition) is 3. The van der Waals surface area contributed by atoms with E-state index in [4.69, 9.17) is 9.68 Å². The fourth-order valence-electron chi connectivity index (χ4n) is 4.34. The molecule has 0 amide bonds. The molecule has 3 nitrogen and oxygen atoms in total. The minimum absolute atomic E-state index is 0.182. The number of oxime groups is 1. The molecular weight excluding hydrogens is 458 g/mol. The Hall–Kier alpha value is -4.54. The topological polar surface area (TPSA) is 38.7 Å². The summed E-state index contributed by atoms with van der Waals surface area (Å²) in [6, 6.07) is 49.3. The van der Waals surface area contributed by atoms with Crippen molar-refractivity contribution in [1.29, 1.82) is 0 Å². The smallest absolute Gasteiger partial charge is 0.380 e. The molecule has 0 aromatic heterocycles. The van der Waals surface area contributed by atoms with Crippen LogP contribution in [0.5, 0.6) is 0 Å². The summed E-state index contributed by atoms with van der Waals surface area (Å²) in [4.78, 5) is 13.7. The third kappa shape index (κ3) is 4.67. The van der Waals surface area contributed by atoms with Crippen molar-refractivity contribution >= 4 is 35.4 Å². The van der Waals surface area contributed by atoms with E-state index >= 15 is 0 Å². The first-order chi connectivity index (χ1) is 17.8. The summed E-state index contributed by atoms with van der Waals surface area (Å²) in [7, 11) is -3.11. The Balaban J connectivity index is 1.73. The van der Waals surface area contributed by atoms with Crippen LogP contribution in [0, 0.1) is 0 Å². The molecule has 0 radical (unpaired) electrons. The molecule has 0 saturated heterocycles. The van der Waals surface area contributed by atoms with Crippen molar-refractivity contribution in [2.75, 3.05) is 0 Å². The highest BCUT2D eigenvalue weighted by molar-refractivity contribution is 7.07. The van der Waals surface area contributed by atoms with Crippen molar-refractivity contribution in [3.63, 3.8) is 0 Å². The van der Waals surface area contributed by atoms with Gasteiger partial charge in [0.05, 0.1) is 0 Å². The molecule has 5 aromatic carbocycles. The van der Waals surface area contributed by atoms with E-state index in [-0.39, 0.29) is 11.5 Å². The molecule has 0 fully saturated rings. The van der Waals surface area contributed by atoms with Crippen LogP contribution in [-0.2, 0) is 4.53 Å². The molecule has 0 aliphatic rings. The molecule has 0 aliphatic carbocycles. The van der Waals surface area contributed by atoms with E-state index in [1.165, 1.54) is 0 Å². The largest absolute Gasteiger partial charge is 0.437 e. The molecule has 4 heteroatoms. The quantitative estimate of drug-likeness (QED) is 0.103. The first-order valence-electron chi connectivity index (χ1n) is 11.9. The van der Waals surface area contributed by atoms with E-state index < -0.39 is 8.32 Å². The molecule has 0 N–H and O–H groups in total. The molecule has 0 unspecified atom stereocenters. The van der Waals surface area contributed by atoms with E-state index in [0.717, 1.165) is 15.6 Å². The minimum Gasteiger partial charge on any atom is -0.437 e. The summed E-state index contributed by atoms with van der Waals surface area (Å²) in [6.07, 6.45) is 0. The van der Waals surface area contributed by atoms with Gasteiger partial charge in [0, 0.05) is 11.1 Å². The zero-order valence-electron chi connectivity index (χ0n) is 19.7. The summed E-state index contributed by atoms with van der Waals surface area (Å²) in [5, 5.41) is 7.84. The molecule has 174 valence electrons. The normalized spacial score (nSPS) is 11.6. The van der Waals surface area contributed by atoms with Crippen LogP contribution in [0.2, 0.25) is 0 Å². The highest BCUT2D eigenvalue weighted by Gasteiger charge is 2.45. The maximum absolute atomic E-state index is 13.7. The Morgan fingerprint density at radius 3 is 1.19 bits per heavy atom. The van der Waals surface area contributed by atoms with Gasteiger partial charge in [-0.05, 0) is 15.6 Å². The van der Waals surface area contributed by atoms with Crippen LogP contribution in [0.1, 0.15) is 15.9 Å². The molecule has 0 saturated carbocycles. The number of benzene rings is 5. The van der Waals surface area contributed by atoms with Gasteiger partial charge in [-0.15, -0.1) is 0 Å². The predicted molar refractivity (Wildman–Crippen MR) is 149 cm³/mol. The van der Waals surface area contributed by atoms with E-state index in [2.05, 4.69) is 36.4 Å². The number of nitrogens with zero attached hydrogens (tertiary/aromatic N) is 1. The van der Waals surface area contributed by atoms with E-state index in [1.54, 1.807) is 12.1 Å². The minimum atomic E-state index is -3.11. The van der Waals surface area contributed by atoms with Gasteiger partial charge in [-0.25, -0.2) is 0 Å². The van der Waals surface area contributed by atoms with Crippen LogP contribution in [0.3, 0.4) is 0 Å². The molecular formula is C32H25NO2Si. The lowest BCUT2D eigenvalue weighted by atomic mass is 10.0. The Bertz CT molecular complexity index is 1340. The monoisotopic (exact) mass is 483 g/mol. The lowest BCUT2D eigenvalue weighted by Gasteiger charge is -2.30. The second kappa shape index (κ2) is 10.8. The standard InChI is InChI=1S/C32H25NO2Si/c34-32(27-18-8-2-9-19-27)31(26-16-6-1-7-17-26)33-35-36(28-20-10-3-11-21-28,29-22-12-4-13-23-29)30-24-14-5-15-25-30/h1-25H. The lowest BCUT2D eigenvalue weighted by molar-refractivity contribution is 0.106. The third-order valence-corrected chi connectivity index (χ3v) is 9.92. The Morgan fingerprint density at radius 2 is 0.806 bits per heavy atom. The van der Waals surface area contributed by atoms with Gasteiger partial charge in [-0.1, -0.05) is 157 Å². The zero-order chi connectivity index (χ0) is 24.6. The summed E-state index contributed by atoms with van der Waals surface area (Å²) >= 11 is 0. The molecule has 5 aromatic rings. The first-order valence-corrected chi connectivity index (χ1v) is 13.8. The van der Waals surface area contributed by atoms with E-state index in [1.807, 2.05) is 103 Å². The van der Waals surface area contributed by atoms with Crippen molar-refractivity contribution < 1.29 is 9.32 Å². The molecule has 0 heterocycles. The van der Waals surface area contributed by atoms with Crippen molar-refractivity contribution in [3.05, 3.63) is 163 Å². The molecule has 5 rings (SSSR count). The highest BCUT2D eigenvalue weighted by atomic mass is 28.4. The van der Waals surface area contributed by atoms with Gasteiger partial charge in [-0.3, -0.25) is 4.79 Å². The van der Waals surface area contributed by atoms with Gasteiger partial charge in [0.2, 0.25) is 5.78 Å². The van der Waals surface area contributed by atoms with Crippen LogP contribution in [0.25, 0.3) is 0 Å². The number of rotatable bonds is 8. The molecule has 0 bridgehead atoms. The van der Waals surface area contributed by atoms with Crippen molar-refractivity contribution in [2.45, 2.75) is 0 Å². The van der Waals surface area contributed by atoms with Crippen LogP contribution in [0.4, 0.5) is 0 Å². The first kappa shape index (κ1) is 23.2. The van der Waals surface area contributed by atoms with Crippen LogP contribution >= 0.6 is 0 Å². The zero-order valence-corrected chi connectivity index (χ0v) is 20.7. The highest BCUT2D eigenvalue weighted by Crippen LogP contribution is 2.14. The predicted octanol–water partition coefficient (Wildman–Crippen LogP) is 4.96. The molecule has 0 atom stereocenters. The average Bonchev–Trinajstić information content (AvgIpc) is 2.97. The Morgan fingerprint density at radius 1 is 0.472 bits per heavy atom. The van der Waals surface area contributed by atoms with Crippen molar-refractivity contribution in [3.8, 4) is 0 Å². The fraction of sp³-hybridized carbons (Fsp3) is 0. The van der Waals surface area contributed by atoms with Gasteiger partial charge in [0.15, 0.2) is 5.71 Å². The van der Waals surface area contributed by atoms with Gasteiger partial charge < -0.3 is 4.53 Å². The average molecular weight is 484 g/mol. The van der Waals surface area contributed by atoms with Crippen molar-refractivity contribution in [1.82, 2.24) is 0 Å². The van der Waals surface area contributed by atoms with Crippen LogP contribution in [-0.4, -0.2) is 19.8 Å². The number of Topliss-reactive ketones (excluding diaryl/α,β-unsaturated/α-hetero) is 1. The maximum Gasteiger partial charge on any atom is 0.380 e. The van der Waals surface area contributed by atoms with E-state index in [0.29, 0.717) is 11.1 Å². The summed E-state index contributed by atoms with van der Waals surface area (Å²) in [5.74, 6) is -0.182. The number of hydrogen-bond donors (Lipinski definition) is 0. The SMILES string of the molecule is O=C(C(=NO[Si](c1ccccc1)(c1ccccc1)c1ccccc1)c1ccccc1)c1ccccc1. The van der Waals surface area contributed by atoms with Crippen LogP contribution < -0.4 is 15.6 Å². The summed E-state index contributed by atoms with van der Waals surface area (Å²) in [6.45, 7) is 0. The fourth-order valence-corrected chi connectivity index (χ4v) is 7.87. The van der Waals surface area contributed by atoms with Gasteiger partial charge >= 0.3 is 8.32 Å². The number of carbonyl (C=O) groups excluding carboxylic acids is 1. The van der Waals surface area contributed by atoms with E-state index in [9.17, 15) is 4.79 Å². The maximum atomic E-state index is 13.7. The lowest BCUT2D eigenvalue weighted by Crippen LogP contribution is -2.68. The number of carbonyl (C=O) groups is 1. The van der Waals surface area contributed by atoms with Gasteiger partial charge in [-0.2, -0.15) is 0 Å². The second-order valence-electron chi connectivity index (χ2n) is 8.37. The molecule has 36 heavy (non-hydrogen) atoms. The Kier molecular flexibility index (Phi) is 6.97. The third-order valence-electron chi connectivity index (χ3n) is 6.11.